The Morgan fingerprint density at radius 1 is 0.467 bits per heavy atom. The molecular formula is C43H29NO. The van der Waals surface area contributed by atoms with E-state index in [0.29, 0.717) is 0 Å². The van der Waals surface area contributed by atoms with Gasteiger partial charge in [-0.2, -0.15) is 0 Å². The Bertz CT molecular complexity index is 2310. The normalized spacial score (nSPS) is 13.1. The zero-order valence-electron chi connectivity index (χ0n) is 24.6. The van der Waals surface area contributed by atoms with E-state index in [9.17, 15) is 0 Å². The van der Waals surface area contributed by atoms with Gasteiger partial charge in [0, 0.05) is 16.5 Å². The summed E-state index contributed by atoms with van der Waals surface area (Å²) >= 11 is 0. The van der Waals surface area contributed by atoms with Gasteiger partial charge in [0.05, 0.1) is 11.1 Å². The van der Waals surface area contributed by atoms with Crippen molar-refractivity contribution in [3.63, 3.8) is 0 Å². The van der Waals surface area contributed by atoms with Crippen LogP contribution in [0.25, 0.3) is 44.2 Å². The van der Waals surface area contributed by atoms with Gasteiger partial charge in [-0.25, -0.2) is 0 Å². The van der Waals surface area contributed by atoms with Crippen LogP contribution in [0.3, 0.4) is 0 Å². The second-order valence-corrected chi connectivity index (χ2v) is 11.7. The fourth-order valence-corrected chi connectivity index (χ4v) is 7.50. The standard InChI is InChI=1S/C43H29NO/c1-3-15-30(16-4-1)43(31-17-5-2-6-18-31)37-24-9-7-21-36(37)41-33(22-12-25-38(41)43)29-14-11-19-32(28-29)44-39-26-13-23-35-34-20-8-10-27-40(34)45-42(35)39/h1-28,44H. The van der Waals surface area contributed by atoms with Crippen molar-refractivity contribution in [3.8, 4) is 22.3 Å². The van der Waals surface area contributed by atoms with Crippen LogP contribution in [0.5, 0.6) is 0 Å². The highest BCUT2D eigenvalue weighted by Gasteiger charge is 2.46. The molecule has 0 fully saturated rings. The molecule has 0 amide bonds. The Balaban J connectivity index is 1.23. The third-order valence-electron chi connectivity index (χ3n) is 9.34. The number of para-hydroxylation sites is 2. The first-order chi connectivity index (χ1) is 22.3. The highest BCUT2D eigenvalue weighted by Crippen LogP contribution is 2.58. The van der Waals surface area contributed by atoms with Crippen molar-refractivity contribution in [2.75, 3.05) is 5.32 Å². The molecule has 1 aliphatic rings. The first-order valence-electron chi connectivity index (χ1n) is 15.4. The minimum atomic E-state index is -0.419. The Morgan fingerprint density at radius 2 is 1.09 bits per heavy atom. The van der Waals surface area contributed by atoms with E-state index < -0.39 is 5.41 Å². The summed E-state index contributed by atoms with van der Waals surface area (Å²) in [5.74, 6) is 0. The van der Waals surface area contributed by atoms with E-state index >= 15 is 0 Å². The van der Waals surface area contributed by atoms with Gasteiger partial charge in [-0.1, -0.05) is 146 Å². The third kappa shape index (κ3) is 3.82. The predicted molar refractivity (Wildman–Crippen MR) is 186 cm³/mol. The summed E-state index contributed by atoms with van der Waals surface area (Å²) in [7, 11) is 0. The van der Waals surface area contributed by atoms with E-state index in [1.165, 1.54) is 44.5 Å². The lowest BCUT2D eigenvalue weighted by atomic mass is 9.67. The Kier molecular flexibility index (Phi) is 5.76. The average Bonchev–Trinajstić information content (AvgIpc) is 3.64. The average molecular weight is 576 g/mol. The molecule has 0 unspecified atom stereocenters. The van der Waals surface area contributed by atoms with Crippen molar-refractivity contribution in [2.45, 2.75) is 5.41 Å². The van der Waals surface area contributed by atoms with Crippen LogP contribution < -0.4 is 5.32 Å². The number of fused-ring (bicyclic) bond motifs is 6. The van der Waals surface area contributed by atoms with Crippen LogP contribution in [0.1, 0.15) is 22.3 Å². The molecule has 212 valence electrons. The predicted octanol–water partition coefficient (Wildman–Crippen LogP) is 11.4. The first kappa shape index (κ1) is 25.6. The molecule has 0 radical (unpaired) electrons. The molecule has 8 aromatic rings. The molecule has 0 saturated heterocycles. The second kappa shape index (κ2) is 10.1. The van der Waals surface area contributed by atoms with E-state index in [1.54, 1.807) is 0 Å². The van der Waals surface area contributed by atoms with Crippen molar-refractivity contribution in [3.05, 3.63) is 192 Å². The molecule has 45 heavy (non-hydrogen) atoms. The molecule has 0 saturated carbocycles. The molecule has 7 aromatic carbocycles. The minimum Gasteiger partial charge on any atom is -0.454 e. The molecule has 0 aliphatic heterocycles. The van der Waals surface area contributed by atoms with Gasteiger partial charge in [0.15, 0.2) is 5.58 Å². The molecule has 1 N–H and O–H groups in total. The molecule has 0 spiro atoms. The van der Waals surface area contributed by atoms with E-state index in [2.05, 4.69) is 163 Å². The lowest BCUT2D eigenvalue weighted by molar-refractivity contribution is 0.670. The van der Waals surface area contributed by atoms with Crippen LogP contribution in [-0.4, -0.2) is 0 Å². The molecule has 1 heterocycles. The van der Waals surface area contributed by atoms with Crippen LogP contribution in [0.15, 0.2) is 174 Å². The lowest BCUT2D eigenvalue weighted by Crippen LogP contribution is -2.28. The summed E-state index contributed by atoms with van der Waals surface area (Å²) in [6, 6.07) is 60.9. The van der Waals surface area contributed by atoms with Crippen LogP contribution >= 0.6 is 0 Å². The fourth-order valence-electron chi connectivity index (χ4n) is 7.50. The number of anilines is 2. The van der Waals surface area contributed by atoms with Crippen LogP contribution in [0.2, 0.25) is 0 Å². The van der Waals surface area contributed by atoms with Crippen LogP contribution in [0, 0.1) is 0 Å². The largest absolute Gasteiger partial charge is 0.454 e. The van der Waals surface area contributed by atoms with Crippen LogP contribution in [-0.2, 0) is 5.41 Å². The highest BCUT2D eigenvalue weighted by molar-refractivity contribution is 6.09. The maximum Gasteiger partial charge on any atom is 0.158 e. The van der Waals surface area contributed by atoms with Crippen molar-refractivity contribution < 1.29 is 4.42 Å². The van der Waals surface area contributed by atoms with Gasteiger partial charge in [0.1, 0.15) is 5.58 Å². The summed E-state index contributed by atoms with van der Waals surface area (Å²) in [6.45, 7) is 0. The van der Waals surface area contributed by atoms with E-state index in [0.717, 1.165) is 33.3 Å². The molecule has 2 nitrogen and oxygen atoms in total. The summed E-state index contributed by atoms with van der Waals surface area (Å²) < 4.78 is 6.31. The number of nitrogens with one attached hydrogen (secondary N) is 1. The van der Waals surface area contributed by atoms with Gasteiger partial charge < -0.3 is 9.73 Å². The lowest BCUT2D eigenvalue weighted by Gasteiger charge is -2.34. The Morgan fingerprint density at radius 3 is 1.91 bits per heavy atom. The molecular weight excluding hydrogens is 546 g/mol. The Labute approximate surface area is 262 Å². The van der Waals surface area contributed by atoms with Crippen molar-refractivity contribution >= 4 is 33.3 Å². The molecule has 2 heteroatoms. The topological polar surface area (TPSA) is 25.2 Å². The first-order valence-corrected chi connectivity index (χ1v) is 15.4. The number of rotatable bonds is 5. The zero-order chi connectivity index (χ0) is 29.8. The van der Waals surface area contributed by atoms with E-state index in [-0.39, 0.29) is 0 Å². The maximum absolute atomic E-state index is 6.31. The van der Waals surface area contributed by atoms with Gasteiger partial charge in [-0.05, 0) is 68.8 Å². The number of hydrogen-bond acceptors (Lipinski definition) is 2. The van der Waals surface area contributed by atoms with Crippen molar-refractivity contribution in [1.29, 1.82) is 0 Å². The van der Waals surface area contributed by atoms with Gasteiger partial charge >= 0.3 is 0 Å². The van der Waals surface area contributed by atoms with Gasteiger partial charge in [-0.3, -0.25) is 0 Å². The van der Waals surface area contributed by atoms with Crippen molar-refractivity contribution in [2.24, 2.45) is 0 Å². The fraction of sp³-hybridized carbons (Fsp3) is 0.0233. The summed E-state index contributed by atoms with van der Waals surface area (Å²) in [6.07, 6.45) is 0. The SMILES string of the molecule is c1ccc(C2(c3ccccc3)c3ccccc3-c3c(-c4cccc(Nc5cccc6c5oc5ccccc56)c4)cccc32)cc1. The van der Waals surface area contributed by atoms with Gasteiger partial charge in [0.2, 0.25) is 0 Å². The van der Waals surface area contributed by atoms with Crippen molar-refractivity contribution in [1.82, 2.24) is 0 Å². The Hall–Kier alpha value is -5.86. The quantitative estimate of drug-likeness (QED) is 0.221. The molecule has 0 atom stereocenters. The molecule has 1 aliphatic carbocycles. The minimum absolute atomic E-state index is 0.419. The third-order valence-corrected chi connectivity index (χ3v) is 9.34. The summed E-state index contributed by atoms with van der Waals surface area (Å²) in [5.41, 5.74) is 13.4. The zero-order valence-corrected chi connectivity index (χ0v) is 24.6. The van der Waals surface area contributed by atoms with E-state index in [1.807, 2.05) is 12.1 Å². The monoisotopic (exact) mass is 575 g/mol. The number of furan rings is 1. The van der Waals surface area contributed by atoms with Crippen LogP contribution in [0.4, 0.5) is 11.4 Å². The second-order valence-electron chi connectivity index (χ2n) is 11.7. The summed E-state index contributed by atoms with van der Waals surface area (Å²) in [4.78, 5) is 0. The molecule has 1 aromatic heterocycles. The number of hydrogen-bond donors (Lipinski definition) is 1. The van der Waals surface area contributed by atoms with Gasteiger partial charge in [-0.15, -0.1) is 0 Å². The summed E-state index contributed by atoms with van der Waals surface area (Å²) in [5, 5.41) is 5.92. The maximum atomic E-state index is 6.31. The molecule has 9 rings (SSSR count). The van der Waals surface area contributed by atoms with E-state index in [4.69, 9.17) is 4.42 Å². The smallest absolute Gasteiger partial charge is 0.158 e. The molecule has 0 bridgehead atoms. The van der Waals surface area contributed by atoms with Gasteiger partial charge in [0.25, 0.3) is 0 Å². The number of benzene rings is 7. The highest BCUT2D eigenvalue weighted by atomic mass is 16.3.